The van der Waals surface area contributed by atoms with E-state index in [1.807, 2.05) is 24.4 Å². The van der Waals surface area contributed by atoms with E-state index in [9.17, 15) is 0 Å². The molecule has 0 unspecified atom stereocenters. The second-order valence-electron chi connectivity index (χ2n) is 8.44. The van der Waals surface area contributed by atoms with Crippen molar-refractivity contribution >= 4 is 32.7 Å². The highest BCUT2D eigenvalue weighted by molar-refractivity contribution is 6.18. The molecule has 7 rings (SSSR count). The molecule has 0 saturated heterocycles. The summed E-state index contributed by atoms with van der Waals surface area (Å²) >= 11 is 0. The predicted octanol–water partition coefficient (Wildman–Crippen LogP) is 7.18. The van der Waals surface area contributed by atoms with Gasteiger partial charge in [-0.15, -0.1) is 0 Å². The van der Waals surface area contributed by atoms with Crippen molar-refractivity contribution in [2.45, 2.75) is 0 Å². The van der Waals surface area contributed by atoms with Crippen molar-refractivity contribution in [3.05, 3.63) is 122 Å². The van der Waals surface area contributed by atoms with Gasteiger partial charge in [0, 0.05) is 33.6 Å². The Kier molecular flexibility index (Phi) is 4.11. The average molecular weight is 437 g/mol. The molecule has 0 N–H and O–H groups in total. The van der Waals surface area contributed by atoms with E-state index >= 15 is 0 Å². The van der Waals surface area contributed by atoms with Gasteiger partial charge in [0.15, 0.2) is 0 Å². The highest BCUT2D eigenvalue weighted by Crippen LogP contribution is 2.37. The number of hydrogen-bond donors (Lipinski definition) is 0. The van der Waals surface area contributed by atoms with E-state index in [1.54, 1.807) is 0 Å². The van der Waals surface area contributed by atoms with Crippen molar-refractivity contribution in [2.75, 3.05) is 0 Å². The summed E-state index contributed by atoms with van der Waals surface area (Å²) in [6, 6.07) is 38.1. The Morgan fingerprint density at radius 2 is 1.35 bits per heavy atom. The van der Waals surface area contributed by atoms with Gasteiger partial charge >= 0.3 is 0 Å². The maximum absolute atomic E-state index is 4.39. The molecule has 0 aliphatic rings. The van der Waals surface area contributed by atoms with Crippen molar-refractivity contribution in [2.24, 2.45) is 0 Å². The number of rotatable bonds is 3. The first kappa shape index (κ1) is 18.8. The van der Waals surface area contributed by atoms with Gasteiger partial charge in [-0.05, 0) is 30.3 Å². The summed E-state index contributed by atoms with van der Waals surface area (Å²) in [4.78, 5) is 0. The van der Waals surface area contributed by atoms with Gasteiger partial charge in [-0.2, -0.15) is 10.2 Å². The Hall–Kier alpha value is -4.70. The SMILES string of the molecule is c1ccc(-c2cc(-n3ccc4ccc5c6ccccc6n(-c6ccccc6)c5c43)cnn2)cc1. The molecule has 7 aromatic rings. The highest BCUT2D eigenvalue weighted by Gasteiger charge is 2.18. The van der Waals surface area contributed by atoms with Gasteiger partial charge < -0.3 is 9.13 Å². The van der Waals surface area contributed by atoms with Crippen LogP contribution in [0.3, 0.4) is 0 Å². The number of hydrogen-bond acceptors (Lipinski definition) is 2. The summed E-state index contributed by atoms with van der Waals surface area (Å²) < 4.78 is 4.60. The predicted molar refractivity (Wildman–Crippen MR) is 139 cm³/mol. The minimum Gasteiger partial charge on any atom is -0.313 e. The zero-order chi connectivity index (χ0) is 22.5. The fraction of sp³-hybridized carbons (Fsp3) is 0. The zero-order valence-corrected chi connectivity index (χ0v) is 18.3. The van der Waals surface area contributed by atoms with E-state index in [2.05, 4.69) is 117 Å². The summed E-state index contributed by atoms with van der Waals surface area (Å²) in [5.41, 5.74) is 7.58. The molecule has 0 amide bonds. The maximum Gasteiger partial charge on any atom is 0.0950 e. The molecule has 0 aliphatic carbocycles. The molecule has 0 atom stereocenters. The summed E-state index contributed by atoms with van der Waals surface area (Å²) in [6.07, 6.45) is 3.96. The standard InChI is InChI=1S/C30H20N4/c1-3-9-21(10-4-1)27-19-24(20-31-32-27)33-18-17-22-15-16-26-25-13-7-8-14-28(25)34(30(26)29(22)33)23-11-5-2-6-12-23/h1-20H. The first-order valence-corrected chi connectivity index (χ1v) is 11.4. The van der Waals surface area contributed by atoms with Crippen LogP contribution < -0.4 is 0 Å². The Morgan fingerprint density at radius 3 is 2.21 bits per heavy atom. The van der Waals surface area contributed by atoms with Crippen LogP contribution in [0, 0.1) is 0 Å². The maximum atomic E-state index is 4.39. The normalized spacial score (nSPS) is 11.5. The molecule has 0 spiro atoms. The second-order valence-corrected chi connectivity index (χ2v) is 8.44. The molecule has 0 bridgehead atoms. The van der Waals surface area contributed by atoms with Gasteiger partial charge in [0.2, 0.25) is 0 Å². The topological polar surface area (TPSA) is 35.6 Å². The Labute approximate surface area is 196 Å². The third-order valence-corrected chi connectivity index (χ3v) is 6.49. The number of para-hydroxylation sites is 2. The van der Waals surface area contributed by atoms with Gasteiger partial charge in [-0.3, -0.25) is 0 Å². The molecule has 0 radical (unpaired) electrons. The fourth-order valence-electron chi connectivity index (χ4n) is 4.97. The lowest BCUT2D eigenvalue weighted by Gasteiger charge is -2.12. The number of aromatic nitrogens is 4. The van der Waals surface area contributed by atoms with Crippen molar-refractivity contribution in [3.8, 4) is 22.6 Å². The lowest BCUT2D eigenvalue weighted by atomic mass is 10.1. The average Bonchev–Trinajstić information content (AvgIpc) is 3.49. The molecular weight excluding hydrogens is 416 g/mol. The van der Waals surface area contributed by atoms with Crippen LogP contribution in [0.2, 0.25) is 0 Å². The van der Waals surface area contributed by atoms with Gasteiger partial charge in [0.25, 0.3) is 0 Å². The number of fused-ring (bicyclic) bond motifs is 5. The third kappa shape index (κ3) is 2.79. The van der Waals surface area contributed by atoms with Crippen molar-refractivity contribution in [1.82, 2.24) is 19.3 Å². The molecule has 0 fully saturated rings. The molecule has 3 heterocycles. The van der Waals surface area contributed by atoms with E-state index in [-0.39, 0.29) is 0 Å². The quantitative estimate of drug-likeness (QED) is 0.294. The third-order valence-electron chi connectivity index (χ3n) is 6.49. The van der Waals surface area contributed by atoms with Gasteiger partial charge in [0.1, 0.15) is 0 Å². The molecule has 3 aromatic heterocycles. The lowest BCUT2D eigenvalue weighted by Crippen LogP contribution is -1.99. The van der Waals surface area contributed by atoms with E-state index in [0.717, 1.165) is 28.1 Å². The van der Waals surface area contributed by atoms with Gasteiger partial charge in [0.05, 0.1) is 34.1 Å². The van der Waals surface area contributed by atoms with E-state index in [0.29, 0.717) is 0 Å². The Morgan fingerprint density at radius 1 is 0.588 bits per heavy atom. The van der Waals surface area contributed by atoms with E-state index in [4.69, 9.17) is 0 Å². The van der Waals surface area contributed by atoms with Crippen LogP contribution >= 0.6 is 0 Å². The molecule has 4 heteroatoms. The Bertz CT molecular complexity index is 1790. The van der Waals surface area contributed by atoms with Crippen molar-refractivity contribution in [3.63, 3.8) is 0 Å². The second kappa shape index (κ2) is 7.42. The molecular formula is C30H20N4. The number of benzene rings is 4. The molecule has 0 saturated carbocycles. The van der Waals surface area contributed by atoms with E-state index in [1.165, 1.54) is 27.2 Å². The van der Waals surface area contributed by atoms with Crippen LogP contribution in [0.25, 0.3) is 55.3 Å². The Balaban J connectivity index is 1.58. The summed E-state index contributed by atoms with van der Waals surface area (Å²) in [5.74, 6) is 0. The van der Waals surface area contributed by atoms with Gasteiger partial charge in [-0.25, -0.2) is 0 Å². The molecule has 34 heavy (non-hydrogen) atoms. The zero-order valence-electron chi connectivity index (χ0n) is 18.3. The summed E-state index contributed by atoms with van der Waals surface area (Å²) in [5, 5.41) is 12.4. The molecule has 160 valence electrons. The van der Waals surface area contributed by atoms with Crippen LogP contribution in [0.5, 0.6) is 0 Å². The van der Waals surface area contributed by atoms with Crippen molar-refractivity contribution < 1.29 is 0 Å². The summed E-state index contributed by atoms with van der Waals surface area (Å²) in [6.45, 7) is 0. The minimum absolute atomic E-state index is 0.857. The van der Waals surface area contributed by atoms with Crippen molar-refractivity contribution in [1.29, 1.82) is 0 Å². The minimum atomic E-state index is 0.857. The largest absolute Gasteiger partial charge is 0.313 e. The first-order valence-electron chi connectivity index (χ1n) is 11.4. The lowest BCUT2D eigenvalue weighted by molar-refractivity contribution is 0.995. The highest BCUT2D eigenvalue weighted by atomic mass is 15.1. The van der Waals surface area contributed by atoms with Gasteiger partial charge in [-0.1, -0.05) is 78.9 Å². The van der Waals surface area contributed by atoms with Crippen LogP contribution in [0.15, 0.2) is 122 Å². The monoisotopic (exact) mass is 436 g/mol. The van der Waals surface area contributed by atoms with Crippen LogP contribution in [-0.2, 0) is 0 Å². The molecule has 4 nitrogen and oxygen atoms in total. The van der Waals surface area contributed by atoms with Crippen LogP contribution in [0.1, 0.15) is 0 Å². The van der Waals surface area contributed by atoms with Crippen LogP contribution in [0.4, 0.5) is 0 Å². The molecule has 4 aromatic carbocycles. The van der Waals surface area contributed by atoms with E-state index < -0.39 is 0 Å². The molecule has 0 aliphatic heterocycles. The summed E-state index contributed by atoms with van der Waals surface area (Å²) in [7, 11) is 0. The number of nitrogens with zero attached hydrogens (tertiary/aromatic N) is 4. The fourth-order valence-corrected chi connectivity index (χ4v) is 4.97. The van der Waals surface area contributed by atoms with Crippen LogP contribution in [-0.4, -0.2) is 19.3 Å². The first-order chi connectivity index (χ1) is 16.9. The smallest absolute Gasteiger partial charge is 0.0950 e.